The predicted molar refractivity (Wildman–Crippen MR) is 90.3 cm³/mol. The van der Waals surface area contributed by atoms with Crippen LogP contribution in [0.5, 0.6) is 0 Å². The summed E-state index contributed by atoms with van der Waals surface area (Å²) in [5.74, 6) is 5.77. The molecular weight excluding hydrogens is 352 g/mol. The summed E-state index contributed by atoms with van der Waals surface area (Å²) in [5.41, 5.74) is 7.12. The number of aromatic nitrogens is 2. The number of nitrogens with two attached hydrogens (primary N) is 1. The molecule has 0 amide bonds. The topological polar surface area (TPSA) is 55.9 Å². The van der Waals surface area contributed by atoms with Crippen LogP contribution in [0.1, 0.15) is 35.5 Å². The number of hydrazine groups is 1. The van der Waals surface area contributed by atoms with E-state index in [-0.39, 0.29) is 6.04 Å². The molecule has 21 heavy (non-hydrogen) atoms. The fourth-order valence-electron chi connectivity index (χ4n) is 2.55. The van der Waals surface area contributed by atoms with Crippen molar-refractivity contribution in [3.8, 4) is 0 Å². The summed E-state index contributed by atoms with van der Waals surface area (Å²) >= 11 is 9.87. The Hall–Kier alpha value is -0.880. The Morgan fingerprint density at radius 1 is 1.43 bits per heavy atom. The lowest BCUT2D eigenvalue weighted by molar-refractivity contribution is 0.515. The molecule has 1 atom stereocenters. The summed E-state index contributed by atoms with van der Waals surface area (Å²) < 4.78 is 3.00. The zero-order valence-corrected chi connectivity index (χ0v) is 14.8. The molecule has 114 valence electrons. The minimum atomic E-state index is -0.00278. The molecule has 4 nitrogen and oxygen atoms in total. The number of nitrogens with zero attached hydrogens (tertiary/aromatic N) is 2. The van der Waals surface area contributed by atoms with Gasteiger partial charge in [0, 0.05) is 17.4 Å². The molecule has 0 bridgehead atoms. The van der Waals surface area contributed by atoms with E-state index in [0.29, 0.717) is 6.42 Å². The van der Waals surface area contributed by atoms with Crippen LogP contribution in [0, 0.1) is 13.8 Å². The normalized spacial score (nSPS) is 12.7. The second kappa shape index (κ2) is 6.92. The van der Waals surface area contributed by atoms with Crippen molar-refractivity contribution in [2.24, 2.45) is 5.84 Å². The molecule has 1 heterocycles. The lowest BCUT2D eigenvalue weighted by atomic mass is 9.98. The number of aryl methyl sites for hydroxylation is 3. The van der Waals surface area contributed by atoms with E-state index in [1.807, 2.05) is 17.7 Å². The van der Waals surface area contributed by atoms with Gasteiger partial charge in [0.25, 0.3) is 0 Å². The highest BCUT2D eigenvalue weighted by Crippen LogP contribution is 2.28. The van der Waals surface area contributed by atoms with Crippen LogP contribution in [0.4, 0.5) is 0 Å². The molecule has 0 aliphatic heterocycles. The van der Waals surface area contributed by atoms with Gasteiger partial charge in [0.05, 0.1) is 22.5 Å². The van der Waals surface area contributed by atoms with Crippen LogP contribution >= 0.6 is 27.5 Å². The summed E-state index contributed by atoms with van der Waals surface area (Å²) in [7, 11) is 0. The maximum absolute atomic E-state index is 6.39. The molecule has 1 aromatic heterocycles. The summed E-state index contributed by atoms with van der Waals surface area (Å²) in [6.07, 6.45) is 0.701. The van der Waals surface area contributed by atoms with Crippen LogP contribution in [0.15, 0.2) is 22.7 Å². The third-order valence-electron chi connectivity index (χ3n) is 3.66. The van der Waals surface area contributed by atoms with Crippen molar-refractivity contribution < 1.29 is 0 Å². The van der Waals surface area contributed by atoms with Crippen LogP contribution in [0.25, 0.3) is 0 Å². The standard InChI is InChI=1S/C15H20BrClN4/c1-4-21-14(15(17)10(3)20-21)8-13(19-18)12-6-5-11(16)7-9(12)2/h5-7,13,19H,4,8,18H2,1-3H3. The Kier molecular flexibility index (Phi) is 5.43. The van der Waals surface area contributed by atoms with E-state index in [1.165, 1.54) is 11.1 Å². The molecule has 2 aromatic rings. The number of nitrogens with one attached hydrogen (secondary N) is 1. The van der Waals surface area contributed by atoms with E-state index in [1.54, 1.807) is 0 Å². The smallest absolute Gasteiger partial charge is 0.0847 e. The first-order valence-electron chi connectivity index (χ1n) is 6.91. The average molecular weight is 372 g/mol. The molecule has 0 aliphatic rings. The Balaban J connectivity index is 2.35. The lowest BCUT2D eigenvalue weighted by Gasteiger charge is -2.19. The quantitative estimate of drug-likeness (QED) is 0.622. The Morgan fingerprint density at radius 2 is 2.14 bits per heavy atom. The Bertz CT molecular complexity index is 639. The molecule has 0 aliphatic carbocycles. The minimum absolute atomic E-state index is 0.00278. The molecule has 3 N–H and O–H groups in total. The van der Waals surface area contributed by atoms with E-state index in [0.717, 1.165) is 27.4 Å². The third kappa shape index (κ3) is 3.48. The molecular formula is C15H20BrClN4. The van der Waals surface area contributed by atoms with Crippen molar-refractivity contribution in [3.05, 3.63) is 50.2 Å². The first-order chi connectivity index (χ1) is 9.97. The van der Waals surface area contributed by atoms with Gasteiger partial charge in [-0.3, -0.25) is 16.0 Å². The summed E-state index contributed by atoms with van der Waals surface area (Å²) in [5, 5.41) is 5.18. The van der Waals surface area contributed by atoms with Gasteiger partial charge < -0.3 is 0 Å². The van der Waals surface area contributed by atoms with Crippen LogP contribution in [-0.4, -0.2) is 9.78 Å². The monoisotopic (exact) mass is 370 g/mol. The number of hydrogen-bond acceptors (Lipinski definition) is 3. The van der Waals surface area contributed by atoms with Crippen molar-refractivity contribution in [3.63, 3.8) is 0 Å². The van der Waals surface area contributed by atoms with Crippen molar-refractivity contribution in [1.82, 2.24) is 15.2 Å². The molecule has 0 radical (unpaired) electrons. The summed E-state index contributed by atoms with van der Waals surface area (Å²) in [4.78, 5) is 0. The molecule has 0 spiro atoms. The van der Waals surface area contributed by atoms with Crippen molar-refractivity contribution >= 4 is 27.5 Å². The number of benzene rings is 1. The van der Waals surface area contributed by atoms with Crippen LogP contribution in [0.2, 0.25) is 5.02 Å². The van der Waals surface area contributed by atoms with Gasteiger partial charge in [0.1, 0.15) is 0 Å². The minimum Gasteiger partial charge on any atom is -0.271 e. The number of rotatable bonds is 5. The molecule has 2 rings (SSSR count). The fraction of sp³-hybridized carbons (Fsp3) is 0.400. The van der Waals surface area contributed by atoms with Crippen LogP contribution in [-0.2, 0) is 13.0 Å². The zero-order chi connectivity index (χ0) is 15.6. The zero-order valence-electron chi connectivity index (χ0n) is 12.5. The molecule has 0 fully saturated rings. The van der Waals surface area contributed by atoms with Crippen LogP contribution in [0.3, 0.4) is 0 Å². The van der Waals surface area contributed by atoms with Gasteiger partial charge in [-0.2, -0.15) is 5.10 Å². The summed E-state index contributed by atoms with van der Waals surface area (Å²) in [6.45, 7) is 6.85. The van der Waals surface area contributed by atoms with Crippen molar-refractivity contribution in [2.45, 2.75) is 39.8 Å². The van der Waals surface area contributed by atoms with E-state index in [9.17, 15) is 0 Å². The maximum Gasteiger partial charge on any atom is 0.0847 e. The largest absolute Gasteiger partial charge is 0.271 e. The van der Waals surface area contributed by atoms with E-state index in [2.05, 4.69) is 52.4 Å². The lowest BCUT2D eigenvalue weighted by Crippen LogP contribution is -2.30. The van der Waals surface area contributed by atoms with Gasteiger partial charge in [-0.15, -0.1) is 0 Å². The molecule has 1 unspecified atom stereocenters. The molecule has 0 saturated heterocycles. The highest BCUT2D eigenvalue weighted by atomic mass is 79.9. The predicted octanol–water partition coefficient (Wildman–Crippen LogP) is 3.68. The maximum atomic E-state index is 6.39. The average Bonchev–Trinajstić information content (AvgIpc) is 2.72. The van der Waals surface area contributed by atoms with Gasteiger partial charge in [-0.25, -0.2) is 0 Å². The van der Waals surface area contributed by atoms with E-state index in [4.69, 9.17) is 17.4 Å². The number of hydrogen-bond donors (Lipinski definition) is 2. The highest BCUT2D eigenvalue weighted by Gasteiger charge is 2.19. The van der Waals surface area contributed by atoms with Crippen molar-refractivity contribution in [2.75, 3.05) is 0 Å². The second-order valence-electron chi connectivity index (χ2n) is 5.09. The second-order valence-corrected chi connectivity index (χ2v) is 6.38. The van der Waals surface area contributed by atoms with Gasteiger partial charge in [-0.05, 0) is 44.0 Å². The SMILES string of the molecule is CCn1nc(C)c(Cl)c1CC(NN)c1ccc(Br)cc1C. The molecule has 6 heteroatoms. The first kappa shape index (κ1) is 16.5. The van der Waals surface area contributed by atoms with Crippen LogP contribution < -0.4 is 11.3 Å². The Labute approximate surface area is 138 Å². The summed E-state index contributed by atoms with van der Waals surface area (Å²) in [6, 6.07) is 6.19. The molecule has 1 aromatic carbocycles. The molecule has 0 saturated carbocycles. The highest BCUT2D eigenvalue weighted by molar-refractivity contribution is 9.10. The van der Waals surface area contributed by atoms with E-state index >= 15 is 0 Å². The fourth-order valence-corrected chi connectivity index (χ4v) is 3.23. The van der Waals surface area contributed by atoms with Gasteiger partial charge >= 0.3 is 0 Å². The third-order valence-corrected chi connectivity index (χ3v) is 4.64. The van der Waals surface area contributed by atoms with E-state index < -0.39 is 0 Å². The van der Waals surface area contributed by atoms with Gasteiger partial charge in [0.15, 0.2) is 0 Å². The van der Waals surface area contributed by atoms with Gasteiger partial charge in [-0.1, -0.05) is 33.6 Å². The number of halogens is 2. The first-order valence-corrected chi connectivity index (χ1v) is 8.09. The van der Waals surface area contributed by atoms with Crippen molar-refractivity contribution in [1.29, 1.82) is 0 Å². The van der Waals surface area contributed by atoms with Gasteiger partial charge in [0.2, 0.25) is 0 Å². The Morgan fingerprint density at radius 3 is 2.71 bits per heavy atom.